The Morgan fingerprint density at radius 1 is 0.806 bits per heavy atom. The van der Waals surface area contributed by atoms with E-state index in [0.717, 1.165) is 4.90 Å². The van der Waals surface area contributed by atoms with Crippen molar-refractivity contribution in [2.24, 2.45) is 35.5 Å². The van der Waals surface area contributed by atoms with Crippen molar-refractivity contribution in [3.05, 3.63) is 47.6 Å². The van der Waals surface area contributed by atoms with E-state index in [9.17, 15) is 54.6 Å². The average Bonchev–Trinajstić information content (AvgIpc) is 3.23. The molecule has 3 aliphatic heterocycles. The molecular formula is C48H73NO13. The molecule has 1 saturated carbocycles. The molecule has 348 valence electrons. The number of ketones is 3. The summed E-state index contributed by atoms with van der Waals surface area (Å²) in [6.07, 6.45) is 6.61. The highest BCUT2D eigenvalue weighted by Gasteiger charge is 2.53. The van der Waals surface area contributed by atoms with E-state index >= 15 is 0 Å². The summed E-state index contributed by atoms with van der Waals surface area (Å²) < 4.78 is 12.1. The Morgan fingerprint density at radius 3 is 2.21 bits per heavy atom. The summed E-state index contributed by atoms with van der Waals surface area (Å²) in [6, 6.07) is -1.19. The van der Waals surface area contributed by atoms with Crippen molar-refractivity contribution in [2.45, 2.75) is 180 Å². The fourth-order valence-electron chi connectivity index (χ4n) is 9.39. The first-order chi connectivity index (χ1) is 29.1. The lowest BCUT2D eigenvalue weighted by atomic mass is 9.78. The van der Waals surface area contributed by atoms with Gasteiger partial charge in [0.25, 0.3) is 11.7 Å². The maximum Gasteiger partial charge on any atom is 0.329 e. The van der Waals surface area contributed by atoms with Crippen LogP contribution < -0.4 is 0 Å². The number of piperidine rings is 1. The Kier molecular flexibility index (Phi) is 19.0. The van der Waals surface area contributed by atoms with Gasteiger partial charge in [0.1, 0.15) is 30.1 Å². The summed E-state index contributed by atoms with van der Waals surface area (Å²) in [6.45, 7) is 12.0. The molecule has 0 spiro atoms. The third-order valence-electron chi connectivity index (χ3n) is 13.7. The predicted molar refractivity (Wildman–Crippen MR) is 231 cm³/mol. The Labute approximate surface area is 367 Å². The van der Waals surface area contributed by atoms with Crippen molar-refractivity contribution in [1.82, 2.24) is 4.90 Å². The van der Waals surface area contributed by atoms with Gasteiger partial charge >= 0.3 is 5.97 Å². The third kappa shape index (κ3) is 13.3. The SMILES string of the molecule is C\C1=C/C=C/C=C/[C@@H](C)C[C@@H](C)C(=O)C(O)[C@H](O)/C(C)=C/[C@@H](C)C(=O)C[C@@H](C(C)CC2CC[C@@H](O)C(O)C2)OC(=O)[C@@H]2CCCCN2C(=O)C(=O)C2(O)OC(CCC2C)CC1O. The fraction of sp³-hybridized carbons (Fsp3) is 0.729. The molecular weight excluding hydrogens is 799 g/mol. The van der Waals surface area contributed by atoms with Gasteiger partial charge in [-0.2, -0.15) is 0 Å². The second kappa shape index (κ2) is 23.0. The number of amides is 1. The Bertz CT molecular complexity index is 1700. The normalized spacial score (nSPS) is 41.8. The second-order valence-electron chi connectivity index (χ2n) is 19.0. The van der Waals surface area contributed by atoms with E-state index in [0.29, 0.717) is 63.4 Å². The molecule has 62 heavy (non-hydrogen) atoms. The number of carbonyl (C=O) groups excluding carboxylic acids is 5. The van der Waals surface area contributed by atoms with Crippen LogP contribution >= 0.6 is 0 Å². The molecule has 14 nitrogen and oxygen atoms in total. The zero-order valence-electron chi connectivity index (χ0n) is 37.7. The quantitative estimate of drug-likeness (QED) is 0.133. The van der Waals surface area contributed by atoms with Gasteiger partial charge in [-0.3, -0.25) is 19.2 Å². The molecule has 2 saturated heterocycles. The molecule has 14 heteroatoms. The van der Waals surface area contributed by atoms with Gasteiger partial charge < -0.3 is 45.0 Å². The summed E-state index contributed by atoms with van der Waals surface area (Å²) in [5, 5.41) is 65.3. The molecule has 0 aromatic heterocycles. The van der Waals surface area contributed by atoms with Crippen LogP contribution in [0.5, 0.6) is 0 Å². The second-order valence-corrected chi connectivity index (χ2v) is 19.0. The number of hydrogen-bond acceptors (Lipinski definition) is 13. The van der Waals surface area contributed by atoms with Gasteiger partial charge in [0.2, 0.25) is 5.79 Å². The number of ether oxygens (including phenoxy) is 2. The van der Waals surface area contributed by atoms with Crippen LogP contribution in [0.2, 0.25) is 0 Å². The minimum atomic E-state index is -2.50. The van der Waals surface area contributed by atoms with E-state index in [4.69, 9.17) is 9.47 Å². The zero-order chi connectivity index (χ0) is 46.1. The van der Waals surface area contributed by atoms with Crippen molar-refractivity contribution in [2.75, 3.05) is 6.54 Å². The number of fused-ring (bicyclic) bond motifs is 3. The van der Waals surface area contributed by atoms with E-state index in [1.165, 1.54) is 13.0 Å². The largest absolute Gasteiger partial charge is 0.460 e. The van der Waals surface area contributed by atoms with Gasteiger partial charge in [-0.15, -0.1) is 0 Å². The molecule has 6 N–H and O–H groups in total. The Hall–Kier alpha value is -3.37. The smallest absolute Gasteiger partial charge is 0.329 e. The lowest BCUT2D eigenvalue weighted by Crippen LogP contribution is -2.61. The number of cyclic esters (lactones) is 1. The fourth-order valence-corrected chi connectivity index (χ4v) is 9.39. The highest BCUT2D eigenvalue weighted by atomic mass is 16.6. The van der Waals surface area contributed by atoms with E-state index < -0.39 is 102 Å². The summed E-state index contributed by atoms with van der Waals surface area (Å²) in [4.78, 5) is 70.6. The maximum atomic E-state index is 14.2. The molecule has 15 atom stereocenters. The van der Waals surface area contributed by atoms with E-state index in [1.807, 2.05) is 26.0 Å². The number of allylic oxidation sites excluding steroid dienone is 6. The van der Waals surface area contributed by atoms with Crippen molar-refractivity contribution >= 4 is 29.2 Å². The topological polar surface area (TPSA) is 228 Å². The van der Waals surface area contributed by atoms with Crippen molar-refractivity contribution in [1.29, 1.82) is 0 Å². The monoisotopic (exact) mass is 872 g/mol. The summed E-state index contributed by atoms with van der Waals surface area (Å²) in [5.41, 5.74) is 0.820. The molecule has 3 fully saturated rings. The molecule has 0 aromatic carbocycles. The van der Waals surface area contributed by atoms with Crippen LogP contribution in [0.1, 0.15) is 126 Å². The van der Waals surface area contributed by atoms with Gasteiger partial charge in [0.15, 0.2) is 5.78 Å². The van der Waals surface area contributed by atoms with Crippen LogP contribution in [0, 0.1) is 35.5 Å². The molecule has 4 rings (SSSR count). The number of hydrogen-bond donors (Lipinski definition) is 6. The molecule has 1 amide bonds. The summed E-state index contributed by atoms with van der Waals surface area (Å²) in [7, 11) is 0. The van der Waals surface area contributed by atoms with Crippen LogP contribution in [0.4, 0.5) is 0 Å². The number of esters is 1. The molecule has 8 unspecified atom stereocenters. The maximum absolute atomic E-state index is 14.2. The van der Waals surface area contributed by atoms with Crippen LogP contribution in [-0.4, -0.2) is 126 Å². The van der Waals surface area contributed by atoms with Gasteiger partial charge in [-0.05, 0) is 107 Å². The predicted octanol–water partition coefficient (Wildman–Crippen LogP) is 4.22. The zero-order valence-corrected chi connectivity index (χ0v) is 37.7. The first-order valence-corrected chi connectivity index (χ1v) is 22.8. The van der Waals surface area contributed by atoms with Gasteiger partial charge in [0.05, 0.1) is 24.4 Å². The minimum absolute atomic E-state index is 0.0349. The van der Waals surface area contributed by atoms with E-state index in [1.54, 1.807) is 45.9 Å². The van der Waals surface area contributed by atoms with Gasteiger partial charge in [0, 0.05) is 37.1 Å². The van der Waals surface area contributed by atoms with Crippen LogP contribution in [-0.2, 0) is 33.4 Å². The first kappa shape index (κ1) is 51.3. The summed E-state index contributed by atoms with van der Waals surface area (Å²) in [5.74, 6) is -9.20. The van der Waals surface area contributed by atoms with Crippen LogP contribution in [0.25, 0.3) is 0 Å². The van der Waals surface area contributed by atoms with Crippen LogP contribution in [0.15, 0.2) is 47.6 Å². The first-order valence-electron chi connectivity index (χ1n) is 22.8. The lowest BCUT2D eigenvalue weighted by Gasteiger charge is -2.42. The van der Waals surface area contributed by atoms with E-state index in [-0.39, 0.29) is 49.0 Å². The van der Waals surface area contributed by atoms with Crippen molar-refractivity contribution in [3.63, 3.8) is 0 Å². The van der Waals surface area contributed by atoms with E-state index in [2.05, 4.69) is 0 Å². The lowest BCUT2D eigenvalue weighted by molar-refractivity contribution is -0.265. The number of aliphatic hydroxyl groups is 6. The van der Waals surface area contributed by atoms with Gasteiger partial charge in [-0.1, -0.05) is 71.1 Å². The average molecular weight is 872 g/mol. The number of aliphatic hydroxyl groups excluding tert-OH is 5. The molecule has 1 aliphatic carbocycles. The third-order valence-corrected chi connectivity index (χ3v) is 13.7. The van der Waals surface area contributed by atoms with Crippen LogP contribution in [0.3, 0.4) is 0 Å². The Balaban J connectivity index is 1.67. The number of rotatable bonds is 3. The standard InChI is InChI=1S/C48H73NO13/c1-27-13-9-8-10-14-28(2)38(51)25-35-18-16-33(7)48(60,62-35)45(57)46(58)49-20-12-11-15-36(49)47(59)61-41(30(4)23-34-17-19-37(50)40(53)24-34)26-39(52)29(3)22-32(6)43(55)44(56)42(54)31(5)21-27/h8-10,13-14,22,27,29-31,33-38,40-41,43-44,50-51,53,55-56,60H,11-12,15-21,23-26H2,1-7H3/b10-8+,13-9+,28-14+,32-22+/t27-,29-,30?,31-,33?,34?,35?,36+,37-,38?,40?,41+,43-,44?,48?/m1/s1. The minimum Gasteiger partial charge on any atom is -0.460 e. The molecule has 3 heterocycles. The highest BCUT2D eigenvalue weighted by Crippen LogP contribution is 2.37. The number of Topliss-reactive ketones (excluding diaryl/α,β-unsaturated/α-hetero) is 3. The summed E-state index contributed by atoms with van der Waals surface area (Å²) >= 11 is 0. The number of carbonyl (C=O) groups is 5. The molecule has 2 bridgehead atoms. The van der Waals surface area contributed by atoms with Crippen molar-refractivity contribution < 1.29 is 64.1 Å². The number of nitrogens with zero attached hydrogens (tertiary/aromatic N) is 1. The van der Waals surface area contributed by atoms with Gasteiger partial charge in [-0.25, -0.2) is 4.79 Å². The Morgan fingerprint density at radius 2 is 1.52 bits per heavy atom. The van der Waals surface area contributed by atoms with Crippen molar-refractivity contribution in [3.8, 4) is 0 Å². The molecule has 0 aromatic rings. The molecule has 0 radical (unpaired) electrons. The molecule has 4 aliphatic rings. The highest BCUT2D eigenvalue weighted by molar-refractivity contribution is 6.39.